The minimum absolute atomic E-state index is 0.436. The summed E-state index contributed by atoms with van der Waals surface area (Å²) < 4.78 is 0. The summed E-state index contributed by atoms with van der Waals surface area (Å²) in [5, 5.41) is 0. The molecule has 2 aromatic heterocycles. The molecule has 0 saturated carbocycles. The highest BCUT2D eigenvalue weighted by Gasteiger charge is 2.09. The van der Waals surface area contributed by atoms with Crippen LogP contribution in [0.3, 0.4) is 0 Å². The third-order valence-electron chi connectivity index (χ3n) is 2.02. The molecule has 0 aliphatic heterocycles. The van der Waals surface area contributed by atoms with E-state index in [0.29, 0.717) is 11.1 Å². The van der Waals surface area contributed by atoms with Crippen LogP contribution in [0.15, 0.2) is 18.5 Å². The number of carbonyl (C=O) groups excluding carboxylic acids is 1. The standard InChI is InChI=1S/C9H9N3O/c1-5-4-12-8-6(9(10)13)2-3-11-7(5)8/h2-4,12H,1H3,(H2,10,13). The molecule has 0 fully saturated rings. The van der Waals surface area contributed by atoms with E-state index < -0.39 is 5.91 Å². The first-order valence-electron chi connectivity index (χ1n) is 3.92. The fourth-order valence-electron chi connectivity index (χ4n) is 1.36. The summed E-state index contributed by atoms with van der Waals surface area (Å²) in [7, 11) is 0. The van der Waals surface area contributed by atoms with Crippen LogP contribution in [0.25, 0.3) is 11.0 Å². The van der Waals surface area contributed by atoms with Gasteiger partial charge < -0.3 is 10.7 Å². The SMILES string of the molecule is Cc1c[nH]c2c(C(N)=O)ccnc12. The van der Waals surface area contributed by atoms with Crippen molar-refractivity contribution in [3.63, 3.8) is 0 Å². The molecule has 0 bridgehead atoms. The van der Waals surface area contributed by atoms with Gasteiger partial charge in [0.25, 0.3) is 5.91 Å². The van der Waals surface area contributed by atoms with Crippen molar-refractivity contribution in [1.29, 1.82) is 0 Å². The number of primary amides is 1. The number of aromatic amines is 1. The number of fused-ring (bicyclic) bond motifs is 1. The molecule has 0 atom stereocenters. The molecule has 2 rings (SSSR count). The number of amides is 1. The Labute approximate surface area is 74.8 Å². The number of hydrogen-bond acceptors (Lipinski definition) is 2. The van der Waals surface area contributed by atoms with E-state index in [1.807, 2.05) is 13.1 Å². The molecule has 2 aromatic rings. The molecule has 0 aromatic carbocycles. The van der Waals surface area contributed by atoms with Crippen LogP contribution in [0.4, 0.5) is 0 Å². The smallest absolute Gasteiger partial charge is 0.250 e. The maximum absolute atomic E-state index is 11.0. The first-order chi connectivity index (χ1) is 6.20. The second-order valence-electron chi connectivity index (χ2n) is 2.92. The topological polar surface area (TPSA) is 71.8 Å². The van der Waals surface area contributed by atoms with Crippen molar-refractivity contribution in [3.8, 4) is 0 Å². The minimum atomic E-state index is -0.436. The second kappa shape index (κ2) is 2.58. The molecular weight excluding hydrogens is 166 g/mol. The third-order valence-corrected chi connectivity index (χ3v) is 2.02. The van der Waals surface area contributed by atoms with Crippen molar-refractivity contribution in [2.45, 2.75) is 6.92 Å². The summed E-state index contributed by atoms with van der Waals surface area (Å²) in [5.41, 5.74) is 8.22. The lowest BCUT2D eigenvalue weighted by Gasteiger charge is -1.96. The molecule has 4 nitrogen and oxygen atoms in total. The van der Waals surface area contributed by atoms with Crippen LogP contribution in [0.1, 0.15) is 15.9 Å². The van der Waals surface area contributed by atoms with E-state index in [-0.39, 0.29) is 0 Å². The first-order valence-corrected chi connectivity index (χ1v) is 3.92. The average molecular weight is 175 g/mol. The van der Waals surface area contributed by atoms with Gasteiger partial charge in [0.05, 0.1) is 16.6 Å². The molecule has 13 heavy (non-hydrogen) atoms. The van der Waals surface area contributed by atoms with Gasteiger partial charge in [0, 0.05) is 12.4 Å². The lowest BCUT2D eigenvalue weighted by Crippen LogP contribution is -2.11. The van der Waals surface area contributed by atoms with Crippen molar-refractivity contribution < 1.29 is 4.79 Å². The largest absolute Gasteiger partial charge is 0.366 e. The lowest BCUT2D eigenvalue weighted by atomic mass is 10.2. The molecule has 0 spiro atoms. The van der Waals surface area contributed by atoms with Crippen molar-refractivity contribution in [2.24, 2.45) is 5.73 Å². The van der Waals surface area contributed by atoms with Crippen LogP contribution in [0.2, 0.25) is 0 Å². The molecular formula is C9H9N3O. The zero-order valence-corrected chi connectivity index (χ0v) is 7.16. The van der Waals surface area contributed by atoms with E-state index in [9.17, 15) is 4.79 Å². The fraction of sp³-hybridized carbons (Fsp3) is 0.111. The Kier molecular flexibility index (Phi) is 1.55. The van der Waals surface area contributed by atoms with Crippen LogP contribution in [-0.4, -0.2) is 15.9 Å². The number of aromatic nitrogens is 2. The van der Waals surface area contributed by atoms with Crippen molar-refractivity contribution in [2.75, 3.05) is 0 Å². The predicted octanol–water partition coefficient (Wildman–Crippen LogP) is 0.970. The number of pyridine rings is 1. The van der Waals surface area contributed by atoms with Gasteiger partial charge >= 0.3 is 0 Å². The number of H-pyrrole nitrogens is 1. The lowest BCUT2D eigenvalue weighted by molar-refractivity contribution is 0.100. The van der Waals surface area contributed by atoms with Crippen molar-refractivity contribution >= 4 is 16.9 Å². The Morgan fingerprint density at radius 2 is 2.38 bits per heavy atom. The molecule has 3 N–H and O–H groups in total. The highest BCUT2D eigenvalue weighted by atomic mass is 16.1. The monoisotopic (exact) mass is 175 g/mol. The zero-order chi connectivity index (χ0) is 9.42. The van der Waals surface area contributed by atoms with Crippen LogP contribution in [0.5, 0.6) is 0 Å². The van der Waals surface area contributed by atoms with E-state index in [1.165, 1.54) is 0 Å². The van der Waals surface area contributed by atoms with Gasteiger partial charge in [-0.3, -0.25) is 9.78 Å². The van der Waals surface area contributed by atoms with Crippen molar-refractivity contribution in [3.05, 3.63) is 29.6 Å². The Bertz CT molecular complexity index is 473. The number of aryl methyl sites for hydroxylation is 1. The van der Waals surface area contributed by atoms with Gasteiger partial charge in [0.15, 0.2) is 0 Å². The molecule has 0 radical (unpaired) electrons. The van der Waals surface area contributed by atoms with E-state index in [1.54, 1.807) is 12.3 Å². The van der Waals surface area contributed by atoms with Gasteiger partial charge in [-0.25, -0.2) is 0 Å². The molecule has 2 heterocycles. The number of nitrogens with one attached hydrogen (secondary N) is 1. The van der Waals surface area contributed by atoms with Gasteiger partial charge in [-0.15, -0.1) is 0 Å². The second-order valence-corrected chi connectivity index (χ2v) is 2.92. The maximum Gasteiger partial charge on any atom is 0.250 e. The predicted molar refractivity (Wildman–Crippen MR) is 49.3 cm³/mol. The minimum Gasteiger partial charge on any atom is -0.366 e. The Hall–Kier alpha value is -1.84. The van der Waals surface area contributed by atoms with Gasteiger partial charge in [-0.05, 0) is 18.6 Å². The highest BCUT2D eigenvalue weighted by molar-refractivity contribution is 6.04. The highest BCUT2D eigenvalue weighted by Crippen LogP contribution is 2.17. The molecule has 0 saturated heterocycles. The van der Waals surface area contributed by atoms with Gasteiger partial charge in [-0.2, -0.15) is 0 Å². The quantitative estimate of drug-likeness (QED) is 0.677. The summed E-state index contributed by atoms with van der Waals surface area (Å²) in [6.45, 7) is 1.93. The number of rotatable bonds is 1. The molecule has 1 amide bonds. The summed E-state index contributed by atoms with van der Waals surface area (Å²) >= 11 is 0. The van der Waals surface area contributed by atoms with Crippen LogP contribution in [-0.2, 0) is 0 Å². The Morgan fingerprint density at radius 3 is 3.08 bits per heavy atom. The molecule has 4 heteroatoms. The summed E-state index contributed by atoms with van der Waals surface area (Å²) in [6.07, 6.45) is 3.40. The van der Waals surface area contributed by atoms with Crippen LogP contribution >= 0.6 is 0 Å². The molecule has 0 aliphatic rings. The van der Waals surface area contributed by atoms with E-state index >= 15 is 0 Å². The Morgan fingerprint density at radius 1 is 1.62 bits per heavy atom. The normalized spacial score (nSPS) is 10.5. The van der Waals surface area contributed by atoms with Crippen LogP contribution in [0, 0.1) is 6.92 Å². The van der Waals surface area contributed by atoms with Crippen LogP contribution < -0.4 is 5.73 Å². The summed E-state index contributed by atoms with van der Waals surface area (Å²) in [6, 6.07) is 1.61. The van der Waals surface area contributed by atoms with Crippen molar-refractivity contribution in [1.82, 2.24) is 9.97 Å². The number of hydrogen-bond donors (Lipinski definition) is 2. The molecule has 0 unspecified atom stereocenters. The van der Waals surface area contributed by atoms with E-state index in [2.05, 4.69) is 9.97 Å². The zero-order valence-electron chi connectivity index (χ0n) is 7.16. The van der Waals surface area contributed by atoms with Gasteiger partial charge in [0.2, 0.25) is 0 Å². The Balaban J connectivity index is 2.84. The maximum atomic E-state index is 11.0. The summed E-state index contributed by atoms with van der Waals surface area (Å²) in [5.74, 6) is -0.436. The molecule has 0 aliphatic carbocycles. The number of nitrogens with zero attached hydrogens (tertiary/aromatic N) is 1. The number of nitrogens with two attached hydrogens (primary N) is 1. The van der Waals surface area contributed by atoms with Gasteiger partial charge in [0.1, 0.15) is 0 Å². The fourth-order valence-corrected chi connectivity index (χ4v) is 1.36. The average Bonchev–Trinajstić information content (AvgIpc) is 2.48. The van der Waals surface area contributed by atoms with E-state index in [4.69, 9.17) is 5.73 Å². The van der Waals surface area contributed by atoms with E-state index in [0.717, 1.165) is 11.1 Å². The third kappa shape index (κ3) is 1.07. The summed E-state index contributed by atoms with van der Waals surface area (Å²) in [4.78, 5) is 18.1. The number of carbonyl (C=O) groups is 1. The van der Waals surface area contributed by atoms with Gasteiger partial charge in [-0.1, -0.05) is 0 Å². The first kappa shape index (κ1) is 7.79. The molecule has 66 valence electrons.